The molecule has 2 N–H and O–H groups in total. The van der Waals surface area contributed by atoms with Gasteiger partial charge in [0.2, 0.25) is 5.58 Å². The molecule has 2 rings (SSSR count). The number of rotatable bonds is 0. The van der Waals surface area contributed by atoms with Crippen LogP contribution in [0.5, 0.6) is 0 Å². The Morgan fingerprint density at radius 1 is 1.45 bits per heavy atom. The average molecular weight is 152 g/mol. The van der Waals surface area contributed by atoms with Gasteiger partial charge in [-0.2, -0.15) is 0 Å². The summed E-state index contributed by atoms with van der Waals surface area (Å²) < 4.78 is 17.4. The maximum atomic E-state index is 12.8. The first-order valence-corrected chi connectivity index (χ1v) is 3.08. The standard InChI is InChI=1S/C7H5FN2O/c8-5-3-1-2-4-6(5)11-10-7(4)9/h1-3H,(H2,9,10). The zero-order valence-corrected chi connectivity index (χ0v) is 5.54. The van der Waals surface area contributed by atoms with Gasteiger partial charge in [0.05, 0.1) is 5.39 Å². The van der Waals surface area contributed by atoms with Gasteiger partial charge in [-0.1, -0.05) is 11.2 Å². The molecule has 0 saturated carbocycles. The molecule has 0 amide bonds. The van der Waals surface area contributed by atoms with Crippen molar-refractivity contribution in [2.24, 2.45) is 0 Å². The Labute approximate surface area is 61.6 Å². The molecule has 1 heterocycles. The Hall–Kier alpha value is -1.58. The lowest BCUT2D eigenvalue weighted by Crippen LogP contribution is -1.83. The van der Waals surface area contributed by atoms with Crippen LogP contribution in [0.15, 0.2) is 22.7 Å². The summed E-state index contributed by atoms with van der Waals surface area (Å²) in [7, 11) is 0. The van der Waals surface area contributed by atoms with Gasteiger partial charge in [-0.05, 0) is 12.1 Å². The molecule has 2 aromatic rings. The fourth-order valence-corrected chi connectivity index (χ4v) is 0.947. The lowest BCUT2D eigenvalue weighted by atomic mass is 10.2. The highest BCUT2D eigenvalue weighted by Gasteiger charge is 2.07. The van der Waals surface area contributed by atoms with Crippen LogP contribution in [0.2, 0.25) is 0 Å². The van der Waals surface area contributed by atoms with Crippen LogP contribution in [0.25, 0.3) is 11.0 Å². The van der Waals surface area contributed by atoms with Crippen molar-refractivity contribution in [2.75, 3.05) is 5.73 Å². The molecule has 0 unspecified atom stereocenters. The van der Waals surface area contributed by atoms with Crippen molar-refractivity contribution in [1.82, 2.24) is 5.16 Å². The number of nitrogens with zero attached hydrogens (tertiary/aromatic N) is 1. The van der Waals surface area contributed by atoms with Crippen LogP contribution in [0.3, 0.4) is 0 Å². The molecule has 11 heavy (non-hydrogen) atoms. The molecule has 3 nitrogen and oxygen atoms in total. The highest BCUT2D eigenvalue weighted by atomic mass is 19.1. The lowest BCUT2D eigenvalue weighted by molar-refractivity contribution is 0.444. The van der Waals surface area contributed by atoms with Crippen LogP contribution in [0, 0.1) is 5.82 Å². The first-order valence-electron chi connectivity index (χ1n) is 3.08. The summed E-state index contributed by atoms with van der Waals surface area (Å²) in [5.74, 6) is -0.216. The van der Waals surface area contributed by atoms with E-state index < -0.39 is 5.82 Å². The number of benzene rings is 1. The Kier molecular flexibility index (Phi) is 1.09. The van der Waals surface area contributed by atoms with E-state index in [1.54, 1.807) is 12.1 Å². The first kappa shape index (κ1) is 6.15. The second-order valence-electron chi connectivity index (χ2n) is 2.18. The van der Waals surface area contributed by atoms with Crippen molar-refractivity contribution >= 4 is 16.8 Å². The highest BCUT2D eigenvalue weighted by Crippen LogP contribution is 2.21. The van der Waals surface area contributed by atoms with Gasteiger partial charge in [-0.15, -0.1) is 0 Å². The SMILES string of the molecule is Nc1noc2c(F)cccc12. The molecule has 4 heteroatoms. The van der Waals surface area contributed by atoms with Crippen molar-refractivity contribution in [3.63, 3.8) is 0 Å². The summed E-state index contributed by atoms with van der Waals surface area (Å²) in [6.45, 7) is 0. The molecule has 0 fully saturated rings. The van der Waals surface area contributed by atoms with Crippen molar-refractivity contribution in [3.8, 4) is 0 Å². The predicted molar refractivity (Wildman–Crippen MR) is 38.4 cm³/mol. The molecule has 0 aliphatic carbocycles. The van der Waals surface area contributed by atoms with Crippen LogP contribution < -0.4 is 5.73 Å². The third-order valence-corrected chi connectivity index (χ3v) is 1.48. The average Bonchev–Trinajstić information content (AvgIpc) is 2.35. The van der Waals surface area contributed by atoms with E-state index in [-0.39, 0.29) is 11.4 Å². The van der Waals surface area contributed by atoms with Crippen LogP contribution >= 0.6 is 0 Å². The number of nitrogens with two attached hydrogens (primary N) is 1. The minimum Gasteiger partial charge on any atom is -0.380 e. The Morgan fingerprint density at radius 3 is 3.00 bits per heavy atom. The second-order valence-corrected chi connectivity index (χ2v) is 2.18. The topological polar surface area (TPSA) is 52.0 Å². The molecule has 56 valence electrons. The number of anilines is 1. The number of fused-ring (bicyclic) bond motifs is 1. The predicted octanol–water partition coefficient (Wildman–Crippen LogP) is 1.55. The van der Waals surface area contributed by atoms with E-state index in [0.29, 0.717) is 5.39 Å². The summed E-state index contributed by atoms with van der Waals surface area (Å²) in [5.41, 5.74) is 5.49. The number of nitrogen functional groups attached to an aromatic ring is 1. The van der Waals surface area contributed by atoms with Crippen molar-refractivity contribution in [2.45, 2.75) is 0 Å². The van der Waals surface area contributed by atoms with Gasteiger partial charge in [0.1, 0.15) is 0 Å². The number of hydrogen-bond acceptors (Lipinski definition) is 3. The Balaban J connectivity index is 2.94. The molecule has 0 radical (unpaired) electrons. The van der Waals surface area contributed by atoms with Crippen LogP contribution in [0.4, 0.5) is 10.2 Å². The second kappa shape index (κ2) is 1.95. The van der Waals surface area contributed by atoms with Gasteiger partial charge < -0.3 is 10.3 Å². The van der Waals surface area contributed by atoms with Gasteiger partial charge in [0.15, 0.2) is 11.6 Å². The third-order valence-electron chi connectivity index (χ3n) is 1.48. The molecular formula is C7H5FN2O. The van der Waals surface area contributed by atoms with E-state index in [2.05, 4.69) is 9.68 Å². The fourth-order valence-electron chi connectivity index (χ4n) is 0.947. The Bertz CT molecular complexity index is 396. The summed E-state index contributed by atoms with van der Waals surface area (Å²) in [6, 6.07) is 4.52. The number of hydrogen-bond donors (Lipinski definition) is 1. The molecule has 1 aromatic heterocycles. The van der Waals surface area contributed by atoms with E-state index in [4.69, 9.17) is 5.73 Å². The summed E-state index contributed by atoms with van der Waals surface area (Å²) in [5, 5.41) is 3.94. The van der Waals surface area contributed by atoms with Crippen molar-refractivity contribution < 1.29 is 8.91 Å². The maximum absolute atomic E-state index is 12.8. The van der Waals surface area contributed by atoms with Crippen LogP contribution in [-0.2, 0) is 0 Å². The molecule has 0 aliphatic heterocycles. The smallest absolute Gasteiger partial charge is 0.204 e. The van der Waals surface area contributed by atoms with Gasteiger partial charge >= 0.3 is 0 Å². The molecule has 1 aromatic carbocycles. The summed E-state index contributed by atoms with van der Waals surface area (Å²) in [6.07, 6.45) is 0. The minimum absolute atomic E-state index is 0.116. The summed E-state index contributed by atoms with van der Waals surface area (Å²) in [4.78, 5) is 0. The number of aromatic nitrogens is 1. The normalized spacial score (nSPS) is 10.6. The molecule has 0 bridgehead atoms. The molecule has 0 saturated heterocycles. The van der Waals surface area contributed by atoms with Crippen molar-refractivity contribution in [3.05, 3.63) is 24.0 Å². The van der Waals surface area contributed by atoms with Gasteiger partial charge in [-0.3, -0.25) is 0 Å². The number of para-hydroxylation sites is 1. The van der Waals surface area contributed by atoms with Crippen LogP contribution in [0.1, 0.15) is 0 Å². The van der Waals surface area contributed by atoms with E-state index in [9.17, 15) is 4.39 Å². The zero-order chi connectivity index (χ0) is 7.84. The zero-order valence-electron chi connectivity index (χ0n) is 5.54. The molecular weight excluding hydrogens is 147 g/mol. The quantitative estimate of drug-likeness (QED) is 0.623. The van der Waals surface area contributed by atoms with Gasteiger partial charge in [0.25, 0.3) is 0 Å². The van der Waals surface area contributed by atoms with Crippen molar-refractivity contribution in [1.29, 1.82) is 0 Å². The fraction of sp³-hybridized carbons (Fsp3) is 0. The monoisotopic (exact) mass is 152 g/mol. The lowest BCUT2D eigenvalue weighted by Gasteiger charge is -1.86. The Morgan fingerprint density at radius 2 is 2.27 bits per heavy atom. The highest BCUT2D eigenvalue weighted by molar-refractivity contribution is 5.86. The summed E-state index contributed by atoms with van der Waals surface area (Å²) >= 11 is 0. The van der Waals surface area contributed by atoms with E-state index in [1.165, 1.54) is 6.07 Å². The molecule has 0 aliphatic rings. The molecule has 0 atom stereocenters. The van der Waals surface area contributed by atoms with Gasteiger partial charge in [-0.25, -0.2) is 4.39 Å². The van der Waals surface area contributed by atoms with Gasteiger partial charge in [0, 0.05) is 0 Å². The van der Waals surface area contributed by atoms with E-state index in [1.807, 2.05) is 0 Å². The first-order chi connectivity index (χ1) is 5.29. The van der Waals surface area contributed by atoms with E-state index in [0.717, 1.165) is 0 Å². The van der Waals surface area contributed by atoms with Crippen LogP contribution in [-0.4, -0.2) is 5.16 Å². The third kappa shape index (κ3) is 0.756. The molecule has 0 spiro atoms. The minimum atomic E-state index is -0.438. The largest absolute Gasteiger partial charge is 0.380 e. The van der Waals surface area contributed by atoms with E-state index >= 15 is 0 Å². The number of halogens is 1. The maximum Gasteiger partial charge on any atom is 0.204 e.